The molecule has 0 saturated heterocycles. The van der Waals surface area contributed by atoms with Gasteiger partial charge < -0.3 is 29.0 Å². The summed E-state index contributed by atoms with van der Waals surface area (Å²) in [6.07, 6.45) is 13.8. The Bertz CT molecular complexity index is 1170. The molecule has 1 aromatic carbocycles. The maximum atomic E-state index is 13.8. The first kappa shape index (κ1) is 38.7. The molecule has 0 bridgehead atoms. The molecule has 0 amide bonds. The number of ether oxygens (including phenoxy) is 5. The lowest BCUT2D eigenvalue weighted by Crippen LogP contribution is -2.46. The summed E-state index contributed by atoms with van der Waals surface area (Å²) in [6, 6.07) is 7.86. The summed E-state index contributed by atoms with van der Waals surface area (Å²) in [7, 11) is 0. The molecule has 1 unspecified atom stereocenters. The summed E-state index contributed by atoms with van der Waals surface area (Å²) >= 11 is 0. The minimum absolute atomic E-state index is 0.0648. The molecule has 9 nitrogen and oxygen atoms in total. The highest BCUT2D eigenvalue weighted by atomic mass is 16.6. The maximum absolute atomic E-state index is 13.8. The standard InChI is InChI=1S/C37H53NO8/c1-10-19-35(5,6)32(39)44-25-37(9,26-45-33(40)36(7,8)20-11-2)34(41)46-31(22-38-27(3)4)24-43-30-16-14-28(15-17-30)18-21-42-23-29-12-13-29/h1-2,14-17,27,29,31,38H,12-13,18-26H2,3-9H3. The van der Waals surface area contributed by atoms with Crippen molar-refractivity contribution in [3.8, 4) is 30.4 Å². The van der Waals surface area contributed by atoms with Crippen molar-refractivity contribution in [2.24, 2.45) is 22.2 Å². The third kappa shape index (κ3) is 13.4. The molecular formula is C37H53NO8. The van der Waals surface area contributed by atoms with E-state index in [1.807, 2.05) is 38.1 Å². The van der Waals surface area contributed by atoms with Gasteiger partial charge in [-0.2, -0.15) is 0 Å². The molecule has 0 radical (unpaired) electrons. The van der Waals surface area contributed by atoms with Gasteiger partial charge in [0.15, 0.2) is 0 Å². The second-order valence-electron chi connectivity index (χ2n) is 14.1. The first-order valence-electron chi connectivity index (χ1n) is 16.1. The third-order valence-electron chi connectivity index (χ3n) is 7.70. The minimum atomic E-state index is -1.52. The van der Waals surface area contributed by atoms with Crippen LogP contribution in [0.1, 0.15) is 79.7 Å². The normalized spacial score (nSPS) is 14.1. The summed E-state index contributed by atoms with van der Waals surface area (Å²) in [4.78, 5) is 39.5. The van der Waals surface area contributed by atoms with Crippen LogP contribution in [0.2, 0.25) is 0 Å². The van der Waals surface area contributed by atoms with Crippen LogP contribution < -0.4 is 10.1 Å². The molecule has 1 aliphatic carbocycles. The number of benzene rings is 1. The molecule has 0 aromatic heterocycles. The number of hydrogen-bond donors (Lipinski definition) is 1. The highest BCUT2D eigenvalue weighted by Gasteiger charge is 2.42. The molecule has 1 N–H and O–H groups in total. The number of terminal acetylenes is 2. The number of carbonyl (C=O) groups is 3. The van der Waals surface area contributed by atoms with Crippen molar-refractivity contribution in [1.29, 1.82) is 0 Å². The number of hydrogen-bond acceptors (Lipinski definition) is 9. The molecule has 1 fully saturated rings. The Morgan fingerprint density at radius 3 is 1.91 bits per heavy atom. The van der Waals surface area contributed by atoms with Crippen LogP contribution in [0.15, 0.2) is 24.3 Å². The Hall–Kier alpha value is -3.53. The zero-order chi connectivity index (χ0) is 34.4. The van der Waals surface area contributed by atoms with Gasteiger partial charge in [-0.1, -0.05) is 26.0 Å². The monoisotopic (exact) mass is 639 g/mol. The van der Waals surface area contributed by atoms with Gasteiger partial charge in [0.2, 0.25) is 0 Å². The van der Waals surface area contributed by atoms with Gasteiger partial charge in [0.05, 0.1) is 17.4 Å². The van der Waals surface area contributed by atoms with Gasteiger partial charge in [0.1, 0.15) is 37.1 Å². The highest BCUT2D eigenvalue weighted by molar-refractivity contribution is 5.80. The van der Waals surface area contributed by atoms with Crippen LogP contribution in [0, 0.1) is 46.9 Å². The van der Waals surface area contributed by atoms with Crippen LogP contribution in [0.4, 0.5) is 0 Å². The van der Waals surface area contributed by atoms with Gasteiger partial charge in [-0.05, 0) is 77.5 Å². The van der Waals surface area contributed by atoms with Crippen molar-refractivity contribution in [2.75, 3.05) is 39.6 Å². The van der Waals surface area contributed by atoms with Gasteiger partial charge in [-0.15, -0.1) is 24.7 Å². The second-order valence-corrected chi connectivity index (χ2v) is 14.1. The Morgan fingerprint density at radius 2 is 1.43 bits per heavy atom. The average Bonchev–Trinajstić information content (AvgIpc) is 3.83. The molecule has 1 aliphatic rings. The van der Waals surface area contributed by atoms with E-state index in [2.05, 4.69) is 17.2 Å². The van der Waals surface area contributed by atoms with Gasteiger partial charge >= 0.3 is 17.9 Å². The number of nitrogens with one attached hydrogen (secondary N) is 1. The van der Waals surface area contributed by atoms with Crippen molar-refractivity contribution >= 4 is 17.9 Å². The number of carbonyl (C=O) groups excluding carboxylic acids is 3. The van der Waals surface area contributed by atoms with E-state index in [-0.39, 0.29) is 25.5 Å². The summed E-state index contributed by atoms with van der Waals surface area (Å²) in [5.41, 5.74) is -2.32. The van der Waals surface area contributed by atoms with Crippen molar-refractivity contribution < 1.29 is 38.1 Å². The quantitative estimate of drug-likeness (QED) is 0.0847. The van der Waals surface area contributed by atoms with Gasteiger partial charge in [-0.3, -0.25) is 14.4 Å². The summed E-state index contributed by atoms with van der Waals surface area (Å²) in [6.45, 7) is 13.2. The summed E-state index contributed by atoms with van der Waals surface area (Å²) in [5.74, 6) is 4.44. The molecule has 0 aliphatic heterocycles. The Labute approximate surface area is 275 Å². The van der Waals surface area contributed by atoms with E-state index in [0.717, 1.165) is 24.5 Å². The largest absolute Gasteiger partial charge is 0.490 e. The van der Waals surface area contributed by atoms with Crippen LogP contribution in [0.5, 0.6) is 5.75 Å². The van der Waals surface area contributed by atoms with Crippen molar-refractivity contribution in [2.45, 2.75) is 92.7 Å². The third-order valence-corrected chi connectivity index (χ3v) is 7.70. The molecule has 1 saturated carbocycles. The van der Waals surface area contributed by atoms with E-state index < -0.39 is 53.5 Å². The maximum Gasteiger partial charge on any atom is 0.319 e. The SMILES string of the molecule is C#CCC(C)(C)C(=O)OCC(C)(COC(=O)C(C)(C)CC#C)C(=O)OC(CNC(C)C)COc1ccc(CCOCC2CC2)cc1. The molecule has 2 rings (SSSR count). The molecular weight excluding hydrogens is 586 g/mol. The van der Waals surface area contributed by atoms with E-state index in [4.69, 9.17) is 36.5 Å². The predicted octanol–water partition coefficient (Wildman–Crippen LogP) is 5.14. The van der Waals surface area contributed by atoms with E-state index in [1.165, 1.54) is 19.8 Å². The molecule has 1 aromatic rings. The first-order chi connectivity index (χ1) is 21.6. The van der Waals surface area contributed by atoms with Gasteiger partial charge in [0.25, 0.3) is 0 Å². The lowest BCUT2D eigenvalue weighted by Gasteiger charge is -2.31. The highest BCUT2D eigenvalue weighted by Crippen LogP contribution is 2.29. The van der Waals surface area contributed by atoms with E-state index in [9.17, 15) is 14.4 Å². The summed E-state index contributed by atoms with van der Waals surface area (Å²) < 4.78 is 28.8. The fourth-order valence-electron chi connectivity index (χ4n) is 4.12. The lowest BCUT2D eigenvalue weighted by atomic mass is 9.88. The van der Waals surface area contributed by atoms with Crippen LogP contribution in [-0.4, -0.2) is 69.6 Å². The van der Waals surface area contributed by atoms with E-state index >= 15 is 0 Å². The fraction of sp³-hybridized carbons (Fsp3) is 0.649. The van der Waals surface area contributed by atoms with E-state index in [1.54, 1.807) is 27.7 Å². The second kappa shape index (κ2) is 18.0. The van der Waals surface area contributed by atoms with Crippen LogP contribution in [-0.2, 0) is 39.8 Å². The lowest BCUT2D eigenvalue weighted by molar-refractivity contribution is -0.179. The fourth-order valence-corrected chi connectivity index (χ4v) is 4.12. The smallest absolute Gasteiger partial charge is 0.319 e. The zero-order valence-electron chi connectivity index (χ0n) is 28.7. The Kier molecular flexibility index (Phi) is 15.1. The summed E-state index contributed by atoms with van der Waals surface area (Å²) in [5, 5.41) is 3.28. The van der Waals surface area contributed by atoms with E-state index in [0.29, 0.717) is 18.9 Å². The number of rotatable bonds is 21. The number of esters is 3. The Balaban J connectivity index is 2.12. The molecule has 254 valence electrons. The molecule has 0 heterocycles. The zero-order valence-corrected chi connectivity index (χ0v) is 28.7. The van der Waals surface area contributed by atoms with Crippen LogP contribution >= 0.6 is 0 Å². The van der Waals surface area contributed by atoms with Crippen molar-refractivity contribution in [1.82, 2.24) is 5.32 Å². The Morgan fingerprint density at radius 1 is 0.891 bits per heavy atom. The molecule has 1 atom stereocenters. The molecule has 46 heavy (non-hydrogen) atoms. The predicted molar refractivity (Wildman–Crippen MR) is 177 cm³/mol. The average molecular weight is 640 g/mol. The first-order valence-corrected chi connectivity index (χ1v) is 16.1. The van der Waals surface area contributed by atoms with Crippen molar-refractivity contribution in [3.63, 3.8) is 0 Å². The van der Waals surface area contributed by atoms with Crippen LogP contribution in [0.25, 0.3) is 0 Å². The van der Waals surface area contributed by atoms with Gasteiger partial charge in [-0.25, -0.2) is 0 Å². The molecule has 9 heteroatoms. The van der Waals surface area contributed by atoms with Crippen molar-refractivity contribution in [3.05, 3.63) is 29.8 Å². The molecule has 0 spiro atoms. The van der Waals surface area contributed by atoms with Gasteiger partial charge in [0, 0.05) is 32.0 Å². The topological polar surface area (TPSA) is 109 Å². The minimum Gasteiger partial charge on any atom is -0.490 e. The van der Waals surface area contributed by atoms with Crippen LogP contribution in [0.3, 0.4) is 0 Å².